The number of fused-ring (bicyclic) bond motifs is 1. The van der Waals surface area contributed by atoms with E-state index in [1.807, 2.05) is 0 Å². The maximum atomic E-state index is 12.5. The van der Waals surface area contributed by atoms with Crippen LogP contribution in [0.2, 0.25) is 0 Å². The highest BCUT2D eigenvalue weighted by Crippen LogP contribution is 2.25. The fourth-order valence-corrected chi connectivity index (χ4v) is 2.44. The first-order valence-electron chi connectivity index (χ1n) is 7.31. The third kappa shape index (κ3) is 3.01. The molecule has 2 rings (SSSR count). The van der Waals surface area contributed by atoms with Gasteiger partial charge in [0.15, 0.2) is 5.54 Å². The average Bonchev–Trinajstić information content (AvgIpc) is 3.00. The van der Waals surface area contributed by atoms with Crippen molar-refractivity contribution in [3.8, 4) is 5.75 Å². The van der Waals surface area contributed by atoms with Crippen molar-refractivity contribution < 1.29 is 24.2 Å². The van der Waals surface area contributed by atoms with E-state index in [2.05, 4.69) is 4.98 Å². The van der Waals surface area contributed by atoms with Crippen molar-refractivity contribution in [3.05, 3.63) is 30.0 Å². The van der Waals surface area contributed by atoms with Crippen LogP contribution in [0, 0.1) is 0 Å². The largest absolute Gasteiger partial charge is 0.497 e. The van der Waals surface area contributed by atoms with E-state index in [4.69, 9.17) is 16.2 Å². The molecule has 2 aromatic rings. The number of H-pyrrole nitrogens is 1. The Bertz CT molecular complexity index is 798. The first kappa shape index (κ1) is 17.6. The number of hydrogen-bond acceptors (Lipinski definition) is 6. The quantitative estimate of drug-likeness (QED) is 0.311. The van der Waals surface area contributed by atoms with Crippen LogP contribution in [-0.4, -0.2) is 46.8 Å². The molecule has 8 heteroatoms. The summed E-state index contributed by atoms with van der Waals surface area (Å²) in [5.41, 5.74) is 9.43. The number of carbonyl (C=O) groups excluding carboxylic acids is 2. The molecule has 0 amide bonds. The van der Waals surface area contributed by atoms with Crippen molar-refractivity contribution in [1.29, 1.82) is 0 Å². The molecule has 24 heavy (non-hydrogen) atoms. The molecule has 1 aromatic carbocycles. The van der Waals surface area contributed by atoms with Crippen molar-refractivity contribution in [2.75, 3.05) is 13.7 Å². The smallest absolute Gasteiger partial charge is 0.331 e. The third-order valence-corrected chi connectivity index (χ3v) is 3.90. The van der Waals surface area contributed by atoms with Gasteiger partial charge in [-0.05, 0) is 31.5 Å². The lowest BCUT2D eigenvalue weighted by atomic mass is 9.85. The number of hydrogen-bond donors (Lipinski definition) is 4. The molecular weight excluding hydrogens is 314 g/mol. The van der Waals surface area contributed by atoms with Gasteiger partial charge in [0.2, 0.25) is 11.6 Å². The molecule has 0 unspecified atom stereocenters. The van der Waals surface area contributed by atoms with Gasteiger partial charge < -0.3 is 26.3 Å². The number of aromatic amines is 1. The molecule has 0 aliphatic carbocycles. The molecule has 0 radical (unpaired) electrons. The summed E-state index contributed by atoms with van der Waals surface area (Å²) in [6.07, 6.45) is 1.36. The number of benzene rings is 1. The Morgan fingerprint density at radius 1 is 1.33 bits per heavy atom. The lowest BCUT2D eigenvalue weighted by Crippen LogP contribution is -2.57. The SMILES string of the molecule is COc1ccc2c(C(=O)C(=O)[C@](N)(CCCN)C(=O)O)c[nH]c2c1. The predicted molar refractivity (Wildman–Crippen MR) is 87.0 cm³/mol. The Morgan fingerprint density at radius 3 is 2.62 bits per heavy atom. The summed E-state index contributed by atoms with van der Waals surface area (Å²) in [6.45, 7) is 0.167. The normalized spacial score (nSPS) is 13.5. The number of carboxylic acid groups (broad SMARTS) is 1. The summed E-state index contributed by atoms with van der Waals surface area (Å²) in [7, 11) is 1.51. The van der Waals surface area contributed by atoms with Crippen LogP contribution in [0.25, 0.3) is 10.9 Å². The minimum atomic E-state index is -2.29. The highest BCUT2D eigenvalue weighted by Gasteiger charge is 2.45. The standard InChI is InChI=1S/C16H19N3O5/c1-24-9-3-4-10-11(8-19-12(10)7-9)13(20)14(21)16(18,15(22)23)5-2-6-17/h3-4,7-8,19H,2,5-6,17-18H2,1H3,(H,22,23)/t16-/m1/s1. The minimum absolute atomic E-state index is 0.0708. The summed E-state index contributed by atoms with van der Waals surface area (Å²) >= 11 is 0. The van der Waals surface area contributed by atoms with Crippen molar-refractivity contribution in [2.24, 2.45) is 11.5 Å². The number of aliphatic carboxylic acids is 1. The van der Waals surface area contributed by atoms with Gasteiger partial charge >= 0.3 is 5.97 Å². The van der Waals surface area contributed by atoms with Crippen LogP contribution in [-0.2, 0) is 9.59 Å². The van der Waals surface area contributed by atoms with E-state index >= 15 is 0 Å². The molecular formula is C16H19N3O5. The van der Waals surface area contributed by atoms with Crippen molar-refractivity contribution in [1.82, 2.24) is 4.98 Å². The number of aromatic nitrogens is 1. The monoisotopic (exact) mass is 333 g/mol. The maximum Gasteiger partial charge on any atom is 0.331 e. The minimum Gasteiger partial charge on any atom is -0.497 e. The Balaban J connectivity index is 2.40. The van der Waals surface area contributed by atoms with E-state index in [0.29, 0.717) is 16.7 Å². The van der Waals surface area contributed by atoms with Gasteiger partial charge in [0, 0.05) is 23.2 Å². The Hall–Kier alpha value is -2.71. The molecule has 1 aromatic heterocycles. The van der Waals surface area contributed by atoms with Crippen LogP contribution in [0.15, 0.2) is 24.4 Å². The Labute approximate surface area is 137 Å². The topological polar surface area (TPSA) is 148 Å². The number of carboxylic acids is 1. The lowest BCUT2D eigenvalue weighted by Gasteiger charge is -2.21. The first-order chi connectivity index (χ1) is 11.3. The third-order valence-electron chi connectivity index (χ3n) is 3.90. The van der Waals surface area contributed by atoms with Gasteiger partial charge in [0.1, 0.15) is 5.75 Å². The number of ether oxygens (including phenoxy) is 1. The van der Waals surface area contributed by atoms with Gasteiger partial charge in [-0.2, -0.15) is 0 Å². The molecule has 0 saturated heterocycles. The van der Waals surface area contributed by atoms with Crippen molar-refractivity contribution in [3.63, 3.8) is 0 Å². The molecule has 0 aliphatic rings. The first-order valence-corrected chi connectivity index (χ1v) is 7.31. The van der Waals surface area contributed by atoms with Crippen molar-refractivity contribution in [2.45, 2.75) is 18.4 Å². The fourth-order valence-electron chi connectivity index (χ4n) is 2.44. The Kier molecular flexibility index (Phi) is 5.01. The van der Waals surface area contributed by atoms with Crippen molar-refractivity contribution >= 4 is 28.4 Å². The molecule has 1 atom stereocenters. The predicted octanol–water partition coefficient (Wildman–Crippen LogP) is 0.449. The summed E-state index contributed by atoms with van der Waals surface area (Å²) in [4.78, 5) is 39.2. The summed E-state index contributed by atoms with van der Waals surface area (Å²) < 4.78 is 5.09. The van der Waals surface area contributed by atoms with Crippen LogP contribution < -0.4 is 16.2 Å². The molecule has 8 nitrogen and oxygen atoms in total. The molecule has 0 fully saturated rings. The lowest BCUT2D eigenvalue weighted by molar-refractivity contribution is -0.147. The number of methoxy groups -OCH3 is 1. The number of nitrogens with two attached hydrogens (primary N) is 2. The van der Waals surface area contributed by atoms with Gasteiger partial charge in [-0.15, -0.1) is 0 Å². The number of carbonyl (C=O) groups is 3. The van der Waals surface area contributed by atoms with Gasteiger partial charge in [-0.1, -0.05) is 0 Å². The summed E-state index contributed by atoms with van der Waals surface area (Å²) in [5.74, 6) is -3.08. The number of ketones is 2. The van der Waals surface area contributed by atoms with Gasteiger partial charge in [-0.25, -0.2) is 4.79 Å². The van der Waals surface area contributed by atoms with E-state index in [0.717, 1.165) is 0 Å². The average molecular weight is 333 g/mol. The van der Waals surface area contributed by atoms with E-state index in [-0.39, 0.29) is 24.9 Å². The second-order valence-corrected chi connectivity index (χ2v) is 5.44. The number of rotatable bonds is 8. The van der Waals surface area contributed by atoms with Crippen LogP contribution in [0.5, 0.6) is 5.75 Å². The van der Waals surface area contributed by atoms with Gasteiger partial charge in [0.05, 0.1) is 12.7 Å². The van der Waals surface area contributed by atoms with Gasteiger partial charge in [0.25, 0.3) is 0 Å². The molecule has 0 bridgehead atoms. The zero-order valence-electron chi connectivity index (χ0n) is 13.2. The molecule has 1 heterocycles. The van der Waals surface area contributed by atoms with E-state index < -0.39 is 23.1 Å². The summed E-state index contributed by atoms with van der Waals surface area (Å²) in [5, 5.41) is 9.78. The molecule has 0 saturated carbocycles. The Morgan fingerprint density at radius 2 is 2.04 bits per heavy atom. The zero-order valence-corrected chi connectivity index (χ0v) is 13.2. The molecule has 0 spiro atoms. The fraction of sp³-hybridized carbons (Fsp3) is 0.312. The molecule has 6 N–H and O–H groups in total. The van der Waals surface area contributed by atoms with Crippen LogP contribution in [0.3, 0.4) is 0 Å². The maximum absolute atomic E-state index is 12.5. The second-order valence-electron chi connectivity index (χ2n) is 5.44. The number of nitrogens with one attached hydrogen (secondary N) is 1. The van der Waals surface area contributed by atoms with E-state index in [1.54, 1.807) is 18.2 Å². The molecule has 128 valence electrons. The number of Topliss-reactive ketones (excluding diaryl/α,β-unsaturated/α-hetero) is 2. The highest BCUT2D eigenvalue weighted by molar-refractivity contribution is 6.51. The van der Waals surface area contributed by atoms with E-state index in [9.17, 15) is 19.5 Å². The van der Waals surface area contributed by atoms with Crippen LogP contribution in [0.1, 0.15) is 23.2 Å². The van der Waals surface area contributed by atoms with Crippen LogP contribution >= 0.6 is 0 Å². The van der Waals surface area contributed by atoms with Crippen LogP contribution in [0.4, 0.5) is 0 Å². The summed E-state index contributed by atoms with van der Waals surface area (Å²) in [6, 6.07) is 4.92. The highest BCUT2D eigenvalue weighted by atomic mass is 16.5. The molecule has 0 aliphatic heterocycles. The zero-order chi connectivity index (χ0) is 17.9. The van der Waals surface area contributed by atoms with E-state index in [1.165, 1.54) is 13.3 Å². The van der Waals surface area contributed by atoms with Gasteiger partial charge in [-0.3, -0.25) is 9.59 Å². The second kappa shape index (κ2) is 6.81.